The summed E-state index contributed by atoms with van der Waals surface area (Å²) < 4.78 is 77.0. The molecule has 2 rings (SSSR count). The van der Waals surface area contributed by atoms with Gasteiger partial charge in [-0.2, -0.15) is 26.3 Å². The number of hydrogen-bond donors (Lipinski definition) is 3. The van der Waals surface area contributed by atoms with E-state index in [9.17, 15) is 45.5 Å². The van der Waals surface area contributed by atoms with Gasteiger partial charge in [0, 0.05) is 11.4 Å². The highest BCUT2D eigenvalue weighted by Gasteiger charge is 2.33. The zero-order valence-electron chi connectivity index (χ0n) is 16.0. The van der Waals surface area contributed by atoms with Crippen LogP contribution in [0.3, 0.4) is 0 Å². The molecule has 10 nitrogen and oxygen atoms in total. The Kier molecular flexibility index (Phi) is 6.82. The number of carboxylic acid groups (broad SMARTS) is 1. The summed E-state index contributed by atoms with van der Waals surface area (Å²) in [4.78, 5) is 47.0. The van der Waals surface area contributed by atoms with Gasteiger partial charge < -0.3 is 10.8 Å². The number of thiophene rings is 1. The Bertz CT molecular complexity index is 1170. The number of alkyl halides is 6. The van der Waals surface area contributed by atoms with Gasteiger partial charge in [-0.25, -0.2) is 24.8 Å². The van der Waals surface area contributed by atoms with Crippen molar-refractivity contribution in [2.24, 2.45) is 5.73 Å². The molecule has 4 N–H and O–H groups in total. The molecule has 0 atom stereocenters. The fourth-order valence-corrected chi connectivity index (χ4v) is 4.08. The second-order valence-corrected chi connectivity index (χ2v) is 7.56. The van der Waals surface area contributed by atoms with E-state index in [1.807, 2.05) is 0 Å². The van der Waals surface area contributed by atoms with Gasteiger partial charge >= 0.3 is 30.2 Å². The van der Waals surface area contributed by atoms with Gasteiger partial charge in [0.15, 0.2) is 0 Å². The summed E-state index contributed by atoms with van der Waals surface area (Å²) in [5.74, 6) is 0. The minimum Gasteiger partial charge on any atom is -0.464 e. The lowest BCUT2D eigenvalue weighted by Gasteiger charge is -2.18. The van der Waals surface area contributed by atoms with Crippen LogP contribution >= 0.6 is 11.3 Å². The monoisotopic (exact) mass is 491 g/mol. The van der Waals surface area contributed by atoms with Crippen LogP contribution in [0, 0.1) is 6.92 Å². The van der Waals surface area contributed by atoms with Crippen LogP contribution in [-0.2, 0) is 19.6 Å². The molecule has 2 aromatic rings. The summed E-state index contributed by atoms with van der Waals surface area (Å²) >= 11 is 0.548. The van der Waals surface area contributed by atoms with Crippen LogP contribution in [0.1, 0.15) is 16.9 Å². The molecule has 178 valence electrons. The van der Waals surface area contributed by atoms with E-state index in [4.69, 9.17) is 10.8 Å². The summed E-state index contributed by atoms with van der Waals surface area (Å²) in [6, 6.07) is -1.27. The van der Waals surface area contributed by atoms with Crippen LogP contribution in [0.5, 0.6) is 0 Å². The maximum Gasteiger partial charge on any atom is 0.423 e. The number of aryl methyl sites for hydroxylation is 2. The van der Waals surface area contributed by atoms with Crippen molar-refractivity contribution in [3.8, 4) is 0 Å². The molecule has 0 bridgehead atoms. The van der Waals surface area contributed by atoms with E-state index in [1.165, 1.54) is 6.92 Å². The van der Waals surface area contributed by atoms with Gasteiger partial charge in [-0.1, -0.05) is 0 Å². The molecule has 0 radical (unpaired) electrons. The number of aromatic nitrogens is 2. The van der Waals surface area contributed by atoms with E-state index in [-0.39, 0.29) is 19.8 Å². The molecule has 17 heteroatoms. The number of primary amides is 1. The first-order valence-electron chi connectivity index (χ1n) is 8.47. The molecule has 0 saturated heterocycles. The lowest BCUT2D eigenvalue weighted by molar-refractivity contribution is -0.143. The van der Waals surface area contributed by atoms with Crippen LogP contribution in [0.2, 0.25) is 0 Å². The normalized spacial score (nSPS) is 12.2. The van der Waals surface area contributed by atoms with Gasteiger partial charge in [-0.05, 0) is 12.5 Å². The first-order valence-corrected chi connectivity index (χ1v) is 9.29. The number of nitrogens with one attached hydrogen (secondary N) is 1. The molecule has 0 aromatic carbocycles. The van der Waals surface area contributed by atoms with Crippen LogP contribution in [-0.4, -0.2) is 43.7 Å². The second kappa shape index (κ2) is 8.71. The maximum absolute atomic E-state index is 12.9. The Morgan fingerprint density at radius 1 is 1.12 bits per heavy atom. The third kappa shape index (κ3) is 5.71. The molecular weight excluding hydrogens is 476 g/mol. The van der Waals surface area contributed by atoms with Crippen LogP contribution in [0.4, 0.5) is 35.9 Å². The summed E-state index contributed by atoms with van der Waals surface area (Å²) in [6.07, 6.45) is -13.0. The zero-order chi connectivity index (χ0) is 24.6. The van der Waals surface area contributed by atoms with Crippen LogP contribution in [0.25, 0.3) is 10.2 Å². The van der Waals surface area contributed by atoms with Gasteiger partial charge in [0.2, 0.25) is 0 Å². The highest BCUT2D eigenvalue weighted by molar-refractivity contribution is 7.18. The van der Waals surface area contributed by atoms with Crippen molar-refractivity contribution >= 4 is 33.7 Å². The molecule has 0 aliphatic heterocycles. The summed E-state index contributed by atoms with van der Waals surface area (Å²) in [5, 5.41) is 8.70. The molecule has 0 fully saturated rings. The number of carbonyl (C=O) groups is 2. The Labute approximate surface area is 177 Å². The maximum atomic E-state index is 12.9. The Balaban J connectivity index is 2.75. The first kappa shape index (κ1) is 25.0. The topological polar surface area (TPSA) is 140 Å². The molecule has 0 unspecified atom stereocenters. The molecule has 2 aromatic heterocycles. The number of fused-ring (bicyclic) bond motifs is 1. The largest absolute Gasteiger partial charge is 0.464 e. The van der Waals surface area contributed by atoms with Gasteiger partial charge in [0.25, 0.3) is 5.56 Å². The van der Waals surface area contributed by atoms with Crippen molar-refractivity contribution < 1.29 is 41.0 Å². The van der Waals surface area contributed by atoms with E-state index in [0.717, 1.165) is 0 Å². The molecule has 0 spiro atoms. The number of urea groups is 1. The highest BCUT2D eigenvalue weighted by Crippen LogP contribution is 2.30. The van der Waals surface area contributed by atoms with E-state index in [0.29, 0.717) is 20.9 Å². The Morgan fingerprint density at radius 2 is 1.72 bits per heavy atom. The van der Waals surface area contributed by atoms with Crippen molar-refractivity contribution in [1.29, 1.82) is 0 Å². The molecule has 32 heavy (non-hydrogen) atoms. The number of nitrogens with zero attached hydrogens (tertiary/aromatic N) is 3. The lowest BCUT2D eigenvalue weighted by atomic mass is 10.2. The average molecular weight is 491 g/mol. The van der Waals surface area contributed by atoms with Crippen molar-refractivity contribution in [3.05, 3.63) is 31.3 Å². The predicted molar refractivity (Wildman–Crippen MR) is 98.1 cm³/mol. The predicted octanol–water partition coefficient (Wildman–Crippen LogP) is 2.11. The second-order valence-electron chi connectivity index (χ2n) is 6.48. The number of amides is 3. The number of rotatable bonds is 5. The van der Waals surface area contributed by atoms with E-state index < -0.39 is 67.2 Å². The van der Waals surface area contributed by atoms with Crippen molar-refractivity contribution in [2.75, 3.05) is 0 Å². The van der Waals surface area contributed by atoms with E-state index in [2.05, 4.69) is 0 Å². The third-order valence-electron chi connectivity index (χ3n) is 4.15. The minimum absolute atomic E-state index is 0.00886. The number of carbonyl (C=O) groups excluding carboxylic acids is 1. The SMILES string of the molecule is Cc1c(CN(NC(=O)O)C(N)=O)sc2c1c(=O)n(CC(F)(F)F)c(=O)n2CCC(F)(F)F. The van der Waals surface area contributed by atoms with Gasteiger partial charge in [-0.3, -0.25) is 13.9 Å². The summed E-state index contributed by atoms with van der Waals surface area (Å²) in [7, 11) is 0. The van der Waals surface area contributed by atoms with Crippen molar-refractivity contribution in [1.82, 2.24) is 19.6 Å². The fraction of sp³-hybridized carbons (Fsp3) is 0.467. The third-order valence-corrected chi connectivity index (χ3v) is 5.45. The Hall–Kier alpha value is -3.24. The smallest absolute Gasteiger partial charge is 0.423 e. The first-order chi connectivity index (χ1) is 14.5. The molecular formula is C15H15F6N5O5S. The summed E-state index contributed by atoms with van der Waals surface area (Å²) in [6.45, 7) is -2.46. The summed E-state index contributed by atoms with van der Waals surface area (Å²) in [5.41, 5.74) is 3.68. The number of hydrazine groups is 1. The Morgan fingerprint density at radius 3 is 2.19 bits per heavy atom. The average Bonchev–Trinajstić information content (AvgIpc) is 2.92. The molecule has 2 heterocycles. The molecule has 0 aliphatic rings. The van der Waals surface area contributed by atoms with Crippen LogP contribution < -0.4 is 22.4 Å². The number of halogens is 6. The van der Waals surface area contributed by atoms with Crippen molar-refractivity contribution in [2.45, 2.75) is 45.3 Å². The van der Waals surface area contributed by atoms with Crippen molar-refractivity contribution in [3.63, 3.8) is 0 Å². The highest BCUT2D eigenvalue weighted by atomic mass is 32.1. The molecule has 0 saturated carbocycles. The fourth-order valence-electron chi connectivity index (χ4n) is 2.78. The van der Waals surface area contributed by atoms with E-state index >= 15 is 0 Å². The van der Waals surface area contributed by atoms with Gasteiger partial charge in [0.1, 0.15) is 11.4 Å². The number of nitrogens with two attached hydrogens (primary N) is 1. The van der Waals surface area contributed by atoms with E-state index in [1.54, 1.807) is 5.43 Å². The van der Waals surface area contributed by atoms with Gasteiger partial charge in [0.05, 0.1) is 18.4 Å². The van der Waals surface area contributed by atoms with Crippen LogP contribution in [0.15, 0.2) is 9.59 Å². The molecule has 3 amide bonds. The molecule has 0 aliphatic carbocycles. The van der Waals surface area contributed by atoms with Gasteiger partial charge in [-0.15, -0.1) is 11.3 Å². The number of hydrogen-bond acceptors (Lipinski definition) is 5. The quantitative estimate of drug-likeness (QED) is 0.434. The standard InChI is InChI=1S/C15H15F6N5O5S/c1-6-7(4-26(11(22)28)23-12(29)30)32-10-8(6)9(27)25(5-15(19,20)21)13(31)24(10)3-2-14(16,17)18/h23H,2-5H2,1H3,(H2,22,28)(H,29,30). The lowest BCUT2D eigenvalue weighted by Crippen LogP contribution is -2.47. The zero-order valence-corrected chi connectivity index (χ0v) is 16.8. The minimum atomic E-state index is -5.01.